The SMILES string of the molecule is CC1(C)c2ccccc2-c2c(N(c3ccc(-c4cccc5ccc6ccc7ccccc7c6c45)cc3)c3ccc4c(c3)sc3ccccc34)cccc21. The highest BCUT2D eigenvalue weighted by Gasteiger charge is 2.37. The number of anilines is 3. The summed E-state index contributed by atoms with van der Waals surface area (Å²) in [7, 11) is 0. The van der Waals surface area contributed by atoms with Crippen LogP contribution in [0.15, 0.2) is 176 Å². The van der Waals surface area contributed by atoms with Gasteiger partial charge < -0.3 is 4.90 Å². The second-order valence-corrected chi connectivity index (χ2v) is 16.0. The number of nitrogens with zero attached hydrogens (tertiary/aromatic N) is 1. The maximum atomic E-state index is 2.48. The van der Waals surface area contributed by atoms with Gasteiger partial charge in [0, 0.05) is 42.5 Å². The fourth-order valence-electron chi connectivity index (χ4n) is 9.11. The second kappa shape index (κ2) is 11.4. The predicted octanol–water partition coefficient (Wildman–Crippen LogP) is 15.0. The van der Waals surface area contributed by atoms with E-state index in [2.05, 4.69) is 195 Å². The van der Waals surface area contributed by atoms with E-state index in [-0.39, 0.29) is 5.41 Å². The molecule has 1 nitrogen and oxygen atoms in total. The van der Waals surface area contributed by atoms with Crippen molar-refractivity contribution in [3.63, 3.8) is 0 Å². The summed E-state index contributed by atoms with van der Waals surface area (Å²) in [6.45, 7) is 4.72. The van der Waals surface area contributed by atoms with Gasteiger partial charge in [0.25, 0.3) is 0 Å². The summed E-state index contributed by atoms with van der Waals surface area (Å²) in [6, 6.07) is 65.4. The van der Waals surface area contributed by atoms with Crippen LogP contribution >= 0.6 is 11.3 Å². The molecule has 9 aromatic carbocycles. The third kappa shape index (κ3) is 4.49. The lowest BCUT2D eigenvalue weighted by Crippen LogP contribution is -2.16. The third-order valence-corrected chi connectivity index (χ3v) is 12.8. The molecule has 1 heterocycles. The maximum Gasteiger partial charge on any atom is 0.0543 e. The summed E-state index contributed by atoms with van der Waals surface area (Å²) < 4.78 is 2.62. The van der Waals surface area contributed by atoms with Crippen molar-refractivity contribution in [2.24, 2.45) is 0 Å². The summed E-state index contributed by atoms with van der Waals surface area (Å²) in [5.74, 6) is 0. The van der Waals surface area contributed by atoms with E-state index in [9.17, 15) is 0 Å². The lowest BCUT2D eigenvalue weighted by molar-refractivity contribution is 0.660. The number of hydrogen-bond donors (Lipinski definition) is 0. The zero-order valence-electron chi connectivity index (χ0n) is 29.6. The molecule has 10 aromatic rings. The van der Waals surface area contributed by atoms with Gasteiger partial charge in [0.05, 0.1) is 5.69 Å². The first kappa shape index (κ1) is 30.4. The summed E-state index contributed by atoms with van der Waals surface area (Å²) in [6.07, 6.45) is 0. The first-order valence-electron chi connectivity index (χ1n) is 18.4. The van der Waals surface area contributed by atoms with Crippen LogP contribution in [0.4, 0.5) is 17.1 Å². The minimum Gasteiger partial charge on any atom is -0.310 e. The third-order valence-electron chi connectivity index (χ3n) is 11.6. The highest BCUT2D eigenvalue weighted by molar-refractivity contribution is 7.25. The van der Waals surface area contributed by atoms with E-state index < -0.39 is 0 Å². The molecule has 0 saturated heterocycles. The average molecular weight is 694 g/mol. The number of hydrogen-bond acceptors (Lipinski definition) is 2. The molecule has 11 rings (SSSR count). The van der Waals surface area contributed by atoms with Crippen LogP contribution in [0.5, 0.6) is 0 Å². The van der Waals surface area contributed by atoms with Gasteiger partial charge in [-0.3, -0.25) is 0 Å². The van der Waals surface area contributed by atoms with E-state index in [0.717, 1.165) is 11.4 Å². The number of benzene rings is 9. The highest BCUT2D eigenvalue weighted by Crippen LogP contribution is 2.54. The quantitative estimate of drug-likeness (QED) is 0.166. The van der Waals surface area contributed by atoms with Crippen LogP contribution in [0.2, 0.25) is 0 Å². The lowest BCUT2D eigenvalue weighted by Gasteiger charge is -2.29. The fourth-order valence-corrected chi connectivity index (χ4v) is 10.2. The molecular weight excluding hydrogens is 659 g/mol. The van der Waals surface area contributed by atoms with E-state index in [4.69, 9.17) is 0 Å². The molecule has 0 radical (unpaired) electrons. The van der Waals surface area contributed by atoms with Crippen LogP contribution in [-0.4, -0.2) is 0 Å². The Balaban J connectivity index is 1.13. The molecule has 250 valence electrons. The Morgan fingerprint density at radius 3 is 1.92 bits per heavy atom. The van der Waals surface area contributed by atoms with Crippen LogP contribution in [0.3, 0.4) is 0 Å². The standard InChI is InChI=1S/C51H35NS/c1-51(2)43-17-7-5-15-42(43)50-44(51)18-10-19-45(50)52(37-29-30-41-40-14-6-8-20-46(40)53-47(41)31-37)36-27-25-33(26-28-36)39-16-9-12-34-23-24-35-22-21-32-11-3-4-13-38(32)49(35)48(34)39/h3-31H,1-2H3. The van der Waals surface area contributed by atoms with Crippen molar-refractivity contribution < 1.29 is 0 Å². The molecule has 1 aliphatic carbocycles. The van der Waals surface area contributed by atoms with Gasteiger partial charge in [0.2, 0.25) is 0 Å². The van der Waals surface area contributed by atoms with Gasteiger partial charge in [0.1, 0.15) is 0 Å². The molecule has 0 aliphatic heterocycles. The molecule has 0 unspecified atom stereocenters. The van der Waals surface area contributed by atoms with Crippen LogP contribution in [0.25, 0.3) is 74.7 Å². The Morgan fingerprint density at radius 2 is 1.06 bits per heavy atom. The molecule has 0 spiro atoms. The molecule has 1 aliphatic rings. The van der Waals surface area contributed by atoms with Crippen LogP contribution < -0.4 is 4.90 Å². The van der Waals surface area contributed by atoms with Crippen molar-refractivity contribution in [3.05, 3.63) is 187 Å². The van der Waals surface area contributed by atoms with Gasteiger partial charge in [-0.1, -0.05) is 153 Å². The summed E-state index contributed by atoms with van der Waals surface area (Å²) >= 11 is 1.87. The van der Waals surface area contributed by atoms with E-state index in [1.54, 1.807) is 0 Å². The molecule has 53 heavy (non-hydrogen) atoms. The minimum atomic E-state index is -0.0891. The Kier molecular flexibility index (Phi) is 6.53. The van der Waals surface area contributed by atoms with Crippen LogP contribution in [0, 0.1) is 0 Å². The van der Waals surface area contributed by atoms with Gasteiger partial charge >= 0.3 is 0 Å². The minimum absolute atomic E-state index is 0.0891. The molecule has 0 N–H and O–H groups in total. The van der Waals surface area contributed by atoms with Crippen LogP contribution in [0.1, 0.15) is 25.0 Å². The van der Waals surface area contributed by atoms with Gasteiger partial charge in [-0.15, -0.1) is 11.3 Å². The molecule has 0 saturated carbocycles. The van der Waals surface area contributed by atoms with Gasteiger partial charge in [-0.05, 0) is 96.5 Å². The number of thiophene rings is 1. The van der Waals surface area contributed by atoms with E-state index in [0.29, 0.717) is 0 Å². The van der Waals surface area contributed by atoms with Crippen molar-refractivity contribution >= 4 is 80.9 Å². The Labute approximate surface area is 313 Å². The second-order valence-electron chi connectivity index (χ2n) is 14.9. The molecule has 0 atom stereocenters. The van der Waals surface area contributed by atoms with Crippen LogP contribution in [-0.2, 0) is 5.41 Å². The predicted molar refractivity (Wildman–Crippen MR) is 230 cm³/mol. The molecule has 0 amide bonds. The van der Waals surface area contributed by atoms with Gasteiger partial charge in [-0.2, -0.15) is 0 Å². The Hall–Kier alpha value is -6.22. The molecule has 1 aromatic heterocycles. The molecular formula is C51H35NS. The zero-order valence-corrected chi connectivity index (χ0v) is 30.4. The van der Waals surface area contributed by atoms with Gasteiger partial charge in [-0.25, -0.2) is 0 Å². The van der Waals surface area contributed by atoms with Gasteiger partial charge in [0.15, 0.2) is 0 Å². The van der Waals surface area contributed by atoms with E-state index in [1.165, 1.54) is 91.6 Å². The topological polar surface area (TPSA) is 3.24 Å². The highest BCUT2D eigenvalue weighted by atomic mass is 32.1. The van der Waals surface area contributed by atoms with E-state index >= 15 is 0 Å². The fraction of sp³-hybridized carbons (Fsp3) is 0.0588. The molecule has 2 heteroatoms. The number of fused-ring (bicyclic) bond motifs is 11. The Morgan fingerprint density at radius 1 is 0.434 bits per heavy atom. The van der Waals surface area contributed by atoms with Crippen molar-refractivity contribution in [2.75, 3.05) is 4.90 Å². The largest absolute Gasteiger partial charge is 0.310 e. The summed E-state index contributed by atoms with van der Waals surface area (Å²) in [5, 5.41) is 10.3. The normalized spacial score (nSPS) is 13.2. The van der Waals surface area contributed by atoms with Crippen molar-refractivity contribution in [1.29, 1.82) is 0 Å². The number of rotatable bonds is 4. The van der Waals surface area contributed by atoms with E-state index in [1.807, 2.05) is 11.3 Å². The summed E-state index contributed by atoms with van der Waals surface area (Å²) in [4.78, 5) is 2.48. The zero-order chi connectivity index (χ0) is 35.3. The average Bonchev–Trinajstić information content (AvgIpc) is 3.69. The Bertz CT molecular complexity index is 3090. The first-order valence-corrected chi connectivity index (χ1v) is 19.2. The monoisotopic (exact) mass is 693 g/mol. The van der Waals surface area contributed by atoms with Crippen molar-refractivity contribution in [3.8, 4) is 22.3 Å². The van der Waals surface area contributed by atoms with Crippen molar-refractivity contribution in [2.45, 2.75) is 19.3 Å². The molecule has 0 fully saturated rings. The first-order chi connectivity index (χ1) is 26.0. The lowest BCUT2D eigenvalue weighted by atomic mass is 9.82. The van der Waals surface area contributed by atoms with Crippen molar-refractivity contribution in [1.82, 2.24) is 0 Å². The molecule has 0 bridgehead atoms. The maximum absolute atomic E-state index is 2.48. The smallest absolute Gasteiger partial charge is 0.0543 e. The summed E-state index contributed by atoms with van der Waals surface area (Å²) in [5.41, 5.74) is 11.3.